The summed E-state index contributed by atoms with van der Waals surface area (Å²) in [4.78, 5) is 0. The molecule has 0 radical (unpaired) electrons. The molecule has 0 unspecified atom stereocenters. The largest absolute Gasteiger partial charge is 0.453 e. The molecule has 0 aliphatic rings. The van der Waals surface area contributed by atoms with Gasteiger partial charge in [-0.15, -0.1) is 0 Å². The van der Waals surface area contributed by atoms with Crippen LogP contribution < -0.4 is 14.2 Å². The van der Waals surface area contributed by atoms with Crippen LogP contribution in [0.3, 0.4) is 0 Å². The average molecular weight is 356 g/mol. The second-order valence-corrected chi connectivity index (χ2v) is 8.34. The van der Waals surface area contributed by atoms with E-state index in [1.165, 1.54) is 0 Å². The standard InChI is InChI=1S/C14H16N2O5S2/c1-22(17,18)15-11-7-3-5-9-13(11)21-14-10-6-4-8-12(14)16-23(2,19)20/h3-10,15-16H,1-2H3. The predicted molar refractivity (Wildman–Crippen MR) is 89.9 cm³/mol. The highest BCUT2D eigenvalue weighted by Gasteiger charge is 2.12. The first-order valence-corrected chi connectivity index (χ1v) is 10.2. The van der Waals surface area contributed by atoms with E-state index in [9.17, 15) is 16.8 Å². The normalized spacial score (nSPS) is 11.7. The number of rotatable bonds is 6. The van der Waals surface area contributed by atoms with Gasteiger partial charge in [-0.25, -0.2) is 16.8 Å². The molecule has 0 amide bonds. The van der Waals surface area contributed by atoms with Crippen molar-refractivity contribution in [1.82, 2.24) is 0 Å². The fraction of sp³-hybridized carbons (Fsp3) is 0.143. The molecule has 9 heteroatoms. The highest BCUT2D eigenvalue weighted by molar-refractivity contribution is 7.92. The molecule has 0 aromatic heterocycles. The van der Waals surface area contributed by atoms with Crippen molar-refractivity contribution in [2.24, 2.45) is 0 Å². The average Bonchev–Trinajstić information content (AvgIpc) is 2.40. The lowest BCUT2D eigenvalue weighted by atomic mass is 10.3. The third-order valence-electron chi connectivity index (χ3n) is 2.58. The predicted octanol–water partition coefficient (Wildman–Crippen LogP) is 2.22. The lowest BCUT2D eigenvalue weighted by Crippen LogP contribution is -2.11. The van der Waals surface area contributed by atoms with Gasteiger partial charge in [-0.3, -0.25) is 9.44 Å². The maximum atomic E-state index is 11.4. The van der Waals surface area contributed by atoms with Crippen LogP contribution in [0.15, 0.2) is 48.5 Å². The summed E-state index contributed by atoms with van der Waals surface area (Å²) in [5.41, 5.74) is 0.508. The summed E-state index contributed by atoms with van der Waals surface area (Å²) in [6.45, 7) is 0. The number of ether oxygens (including phenoxy) is 1. The molecule has 0 saturated carbocycles. The van der Waals surface area contributed by atoms with Gasteiger partial charge in [-0.1, -0.05) is 24.3 Å². The number of hydrogen-bond donors (Lipinski definition) is 2. The Kier molecular flexibility index (Phi) is 4.81. The van der Waals surface area contributed by atoms with Gasteiger partial charge in [-0.05, 0) is 24.3 Å². The molecule has 7 nitrogen and oxygen atoms in total. The van der Waals surface area contributed by atoms with Crippen LogP contribution in [0.5, 0.6) is 11.5 Å². The van der Waals surface area contributed by atoms with E-state index in [2.05, 4.69) is 9.44 Å². The highest BCUT2D eigenvalue weighted by atomic mass is 32.2. The van der Waals surface area contributed by atoms with Gasteiger partial charge in [0.05, 0.1) is 23.9 Å². The van der Waals surface area contributed by atoms with Gasteiger partial charge in [0.1, 0.15) is 0 Å². The Labute approximate surface area is 135 Å². The number of benzene rings is 2. The van der Waals surface area contributed by atoms with Crippen molar-refractivity contribution in [1.29, 1.82) is 0 Å². The lowest BCUT2D eigenvalue weighted by molar-refractivity contribution is 0.487. The zero-order valence-electron chi connectivity index (χ0n) is 12.5. The third kappa shape index (κ3) is 5.46. The zero-order valence-corrected chi connectivity index (χ0v) is 14.1. The molecule has 2 rings (SSSR count). The van der Waals surface area contributed by atoms with Crippen molar-refractivity contribution in [2.45, 2.75) is 0 Å². The Balaban J connectivity index is 2.37. The van der Waals surface area contributed by atoms with Crippen LogP contribution in [0.25, 0.3) is 0 Å². The van der Waals surface area contributed by atoms with Crippen molar-refractivity contribution in [3.63, 3.8) is 0 Å². The van der Waals surface area contributed by atoms with Crippen molar-refractivity contribution in [3.8, 4) is 11.5 Å². The molecule has 2 aromatic carbocycles. The molecule has 124 valence electrons. The van der Waals surface area contributed by atoms with Crippen LogP contribution in [-0.4, -0.2) is 29.3 Å². The van der Waals surface area contributed by atoms with E-state index in [0.717, 1.165) is 12.5 Å². The molecule has 2 aromatic rings. The molecule has 0 fully saturated rings. The number of anilines is 2. The molecule has 0 aliphatic carbocycles. The quantitative estimate of drug-likeness (QED) is 0.826. The molecule has 0 heterocycles. The molecule has 23 heavy (non-hydrogen) atoms. The fourth-order valence-electron chi connectivity index (χ4n) is 1.80. The van der Waals surface area contributed by atoms with Crippen LogP contribution >= 0.6 is 0 Å². The van der Waals surface area contributed by atoms with E-state index in [-0.39, 0.29) is 22.9 Å². The Morgan fingerprint density at radius 2 is 1.04 bits per heavy atom. The summed E-state index contributed by atoms with van der Waals surface area (Å²) >= 11 is 0. The minimum absolute atomic E-state index is 0.251. The SMILES string of the molecule is CS(=O)(=O)Nc1ccccc1Oc1ccccc1NS(C)(=O)=O. The number of para-hydroxylation sites is 4. The second-order valence-electron chi connectivity index (χ2n) is 4.84. The molecule has 0 spiro atoms. The number of sulfonamides is 2. The molecular formula is C14H16N2O5S2. The van der Waals surface area contributed by atoms with Crippen molar-refractivity contribution in [2.75, 3.05) is 22.0 Å². The van der Waals surface area contributed by atoms with E-state index < -0.39 is 20.0 Å². The summed E-state index contributed by atoms with van der Waals surface area (Å²) < 4.78 is 56.0. The highest BCUT2D eigenvalue weighted by Crippen LogP contribution is 2.34. The van der Waals surface area contributed by atoms with Crippen molar-refractivity contribution in [3.05, 3.63) is 48.5 Å². The first-order chi connectivity index (χ1) is 10.6. The molecule has 2 N–H and O–H groups in total. The van der Waals surface area contributed by atoms with Gasteiger partial charge in [0.2, 0.25) is 20.0 Å². The van der Waals surface area contributed by atoms with Crippen LogP contribution in [0.4, 0.5) is 11.4 Å². The molecule has 0 saturated heterocycles. The molecular weight excluding hydrogens is 340 g/mol. The van der Waals surface area contributed by atoms with Crippen molar-refractivity contribution < 1.29 is 21.6 Å². The Morgan fingerprint density at radius 3 is 1.39 bits per heavy atom. The van der Waals surface area contributed by atoms with Gasteiger partial charge in [0.25, 0.3) is 0 Å². The van der Waals surface area contributed by atoms with E-state index in [1.807, 2.05) is 0 Å². The Bertz CT molecular complexity index is 833. The van der Waals surface area contributed by atoms with Crippen LogP contribution in [0.2, 0.25) is 0 Å². The summed E-state index contributed by atoms with van der Waals surface area (Å²) in [6.07, 6.45) is 2.06. The van der Waals surface area contributed by atoms with Crippen LogP contribution in [0, 0.1) is 0 Å². The monoisotopic (exact) mass is 356 g/mol. The van der Waals surface area contributed by atoms with E-state index in [0.29, 0.717) is 0 Å². The summed E-state index contributed by atoms with van der Waals surface area (Å²) in [7, 11) is -6.94. The third-order valence-corrected chi connectivity index (χ3v) is 3.77. The zero-order chi connectivity index (χ0) is 17.1. The Morgan fingerprint density at radius 1 is 0.696 bits per heavy atom. The smallest absolute Gasteiger partial charge is 0.229 e. The summed E-state index contributed by atoms with van der Waals surface area (Å²) in [5, 5.41) is 0. The number of nitrogens with one attached hydrogen (secondary N) is 2. The fourth-order valence-corrected chi connectivity index (χ4v) is 2.93. The maximum absolute atomic E-state index is 11.4. The van der Waals surface area contributed by atoms with E-state index >= 15 is 0 Å². The van der Waals surface area contributed by atoms with Crippen LogP contribution in [-0.2, 0) is 20.0 Å². The topological polar surface area (TPSA) is 102 Å². The molecule has 0 aliphatic heterocycles. The minimum atomic E-state index is -3.47. The summed E-state index contributed by atoms with van der Waals surface area (Å²) in [5.74, 6) is 0.501. The first kappa shape index (κ1) is 17.1. The van der Waals surface area contributed by atoms with E-state index in [1.54, 1.807) is 48.5 Å². The van der Waals surface area contributed by atoms with Gasteiger partial charge < -0.3 is 4.74 Å². The van der Waals surface area contributed by atoms with Gasteiger partial charge in [-0.2, -0.15) is 0 Å². The molecule has 0 atom stereocenters. The minimum Gasteiger partial charge on any atom is -0.453 e. The van der Waals surface area contributed by atoms with E-state index in [4.69, 9.17) is 4.74 Å². The maximum Gasteiger partial charge on any atom is 0.229 e. The molecule has 0 bridgehead atoms. The van der Waals surface area contributed by atoms with Crippen LogP contribution in [0.1, 0.15) is 0 Å². The summed E-state index contributed by atoms with van der Waals surface area (Å²) in [6, 6.07) is 12.9. The van der Waals surface area contributed by atoms with Gasteiger partial charge in [0, 0.05) is 0 Å². The second kappa shape index (κ2) is 6.47. The lowest BCUT2D eigenvalue weighted by Gasteiger charge is -2.14. The van der Waals surface area contributed by atoms with Crippen molar-refractivity contribution >= 4 is 31.4 Å². The Hall–Kier alpha value is -2.26. The first-order valence-electron chi connectivity index (χ1n) is 6.45. The van der Waals surface area contributed by atoms with Gasteiger partial charge in [0.15, 0.2) is 11.5 Å². The number of hydrogen-bond acceptors (Lipinski definition) is 5. The van der Waals surface area contributed by atoms with Gasteiger partial charge >= 0.3 is 0 Å².